The van der Waals surface area contributed by atoms with E-state index in [1.54, 1.807) is 30.5 Å². The van der Waals surface area contributed by atoms with Crippen molar-refractivity contribution < 1.29 is 0 Å². The molecule has 0 spiro atoms. The minimum atomic E-state index is 0.507. The van der Waals surface area contributed by atoms with Crippen LogP contribution in [0.25, 0.3) is 0 Å². The summed E-state index contributed by atoms with van der Waals surface area (Å²) in [6.45, 7) is 0. The second-order valence-electron chi connectivity index (χ2n) is 3.55. The third kappa shape index (κ3) is 3.64. The molecule has 92 valence electrons. The molecule has 0 atom stereocenters. The normalized spacial score (nSPS) is 10.8. The molecule has 0 aliphatic heterocycles. The van der Waals surface area contributed by atoms with Crippen molar-refractivity contribution in [1.29, 1.82) is 0 Å². The molecule has 0 unspecified atom stereocenters. The highest BCUT2D eigenvalue weighted by Gasteiger charge is 1.97. The smallest absolute Gasteiger partial charge is 0.0598 e. The summed E-state index contributed by atoms with van der Waals surface area (Å²) in [4.78, 5) is 0. The van der Waals surface area contributed by atoms with E-state index in [4.69, 9.17) is 34.8 Å². The molecule has 0 aliphatic rings. The van der Waals surface area contributed by atoms with Crippen molar-refractivity contribution in [3.63, 3.8) is 0 Å². The molecule has 0 aromatic heterocycles. The van der Waals surface area contributed by atoms with E-state index in [1.807, 2.05) is 18.2 Å². The number of nitrogens with one attached hydrogen (secondary N) is 1. The molecule has 0 bridgehead atoms. The minimum absolute atomic E-state index is 0.507. The fourth-order valence-corrected chi connectivity index (χ4v) is 1.73. The fraction of sp³-hybridized carbons (Fsp3) is 0. The summed E-state index contributed by atoms with van der Waals surface area (Å²) in [5, 5.41) is 5.82. The van der Waals surface area contributed by atoms with Crippen LogP contribution in [0.5, 0.6) is 0 Å². The Balaban J connectivity index is 2.02. The molecule has 0 saturated carbocycles. The van der Waals surface area contributed by atoms with Crippen LogP contribution < -0.4 is 5.43 Å². The molecular formula is C13H9Cl3N2. The van der Waals surface area contributed by atoms with E-state index in [1.165, 1.54) is 0 Å². The van der Waals surface area contributed by atoms with Crippen LogP contribution in [-0.2, 0) is 0 Å². The molecule has 0 saturated heterocycles. The standard InChI is InChI=1S/C13H9Cl3N2/c14-10-2-4-11(5-3-10)18-17-8-9-1-6-12(15)13(16)7-9/h1-8,18H/b17-8+. The van der Waals surface area contributed by atoms with Gasteiger partial charge in [-0.3, -0.25) is 5.43 Å². The average molecular weight is 300 g/mol. The number of rotatable bonds is 3. The van der Waals surface area contributed by atoms with E-state index < -0.39 is 0 Å². The molecule has 2 aromatic rings. The average Bonchev–Trinajstić information content (AvgIpc) is 2.36. The summed E-state index contributed by atoms with van der Waals surface area (Å²) >= 11 is 17.5. The van der Waals surface area contributed by atoms with Gasteiger partial charge in [-0.25, -0.2) is 0 Å². The molecule has 0 fully saturated rings. The second kappa shape index (κ2) is 6.10. The summed E-state index contributed by atoms with van der Waals surface area (Å²) in [5.41, 5.74) is 4.61. The third-order valence-electron chi connectivity index (χ3n) is 2.20. The lowest BCUT2D eigenvalue weighted by atomic mass is 10.2. The number of hydrogen-bond donors (Lipinski definition) is 1. The minimum Gasteiger partial charge on any atom is -0.279 e. The molecule has 0 aliphatic carbocycles. The van der Waals surface area contributed by atoms with E-state index >= 15 is 0 Å². The summed E-state index contributed by atoms with van der Waals surface area (Å²) in [5.74, 6) is 0. The molecule has 0 radical (unpaired) electrons. The van der Waals surface area contributed by atoms with Crippen molar-refractivity contribution in [3.05, 3.63) is 63.1 Å². The molecule has 2 nitrogen and oxygen atoms in total. The van der Waals surface area contributed by atoms with E-state index in [0.29, 0.717) is 15.1 Å². The first kappa shape index (κ1) is 13.2. The van der Waals surface area contributed by atoms with Crippen LogP contribution in [0.1, 0.15) is 5.56 Å². The Hall–Kier alpha value is -1.22. The van der Waals surface area contributed by atoms with Crippen LogP contribution in [0.4, 0.5) is 5.69 Å². The molecular weight excluding hydrogens is 291 g/mol. The lowest BCUT2D eigenvalue weighted by molar-refractivity contribution is 1.35. The second-order valence-corrected chi connectivity index (χ2v) is 4.80. The topological polar surface area (TPSA) is 24.4 Å². The summed E-state index contributed by atoms with van der Waals surface area (Å²) in [6.07, 6.45) is 1.66. The quantitative estimate of drug-likeness (QED) is 0.619. The number of nitrogens with zero attached hydrogens (tertiary/aromatic N) is 1. The summed E-state index contributed by atoms with van der Waals surface area (Å²) in [7, 11) is 0. The number of benzene rings is 2. The largest absolute Gasteiger partial charge is 0.279 e. The third-order valence-corrected chi connectivity index (χ3v) is 3.19. The van der Waals surface area contributed by atoms with E-state index in [-0.39, 0.29) is 0 Å². The molecule has 0 heterocycles. The van der Waals surface area contributed by atoms with Crippen LogP contribution >= 0.6 is 34.8 Å². The Labute approximate surface area is 120 Å². The Kier molecular flexibility index (Phi) is 4.48. The zero-order valence-corrected chi connectivity index (χ0v) is 11.5. The summed E-state index contributed by atoms with van der Waals surface area (Å²) < 4.78 is 0. The number of hydrogen-bond acceptors (Lipinski definition) is 2. The Morgan fingerprint density at radius 3 is 2.28 bits per heavy atom. The van der Waals surface area contributed by atoms with Gasteiger partial charge >= 0.3 is 0 Å². The van der Waals surface area contributed by atoms with Crippen LogP contribution in [-0.4, -0.2) is 6.21 Å². The Bertz CT molecular complexity index is 565. The van der Waals surface area contributed by atoms with Gasteiger partial charge in [-0.1, -0.05) is 40.9 Å². The van der Waals surface area contributed by atoms with Gasteiger partial charge in [0.2, 0.25) is 0 Å². The predicted molar refractivity (Wildman–Crippen MR) is 79.1 cm³/mol. The maximum Gasteiger partial charge on any atom is 0.0598 e. The highest BCUT2D eigenvalue weighted by molar-refractivity contribution is 6.42. The van der Waals surface area contributed by atoms with Gasteiger partial charge in [0.1, 0.15) is 0 Å². The lowest BCUT2D eigenvalue weighted by Crippen LogP contribution is -1.90. The van der Waals surface area contributed by atoms with Gasteiger partial charge in [-0.15, -0.1) is 0 Å². The first-order chi connectivity index (χ1) is 8.65. The number of anilines is 1. The van der Waals surface area contributed by atoms with Gasteiger partial charge in [0, 0.05) is 5.02 Å². The molecule has 2 aromatic carbocycles. The van der Waals surface area contributed by atoms with Crippen LogP contribution in [0, 0.1) is 0 Å². The van der Waals surface area contributed by atoms with Gasteiger partial charge in [0.15, 0.2) is 0 Å². The molecule has 1 N–H and O–H groups in total. The van der Waals surface area contributed by atoms with Crippen LogP contribution in [0.15, 0.2) is 47.6 Å². The lowest BCUT2D eigenvalue weighted by Gasteiger charge is -2.00. The van der Waals surface area contributed by atoms with Gasteiger partial charge in [0.25, 0.3) is 0 Å². The van der Waals surface area contributed by atoms with E-state index in [2.05, 4.69) is 10.5 Å². The van der Waals surface area contributed by atoms with Gasteiger partial charge in [-0.2, -0.15) is 5.10 Å². The first-order valence-electron chi connectivity index (χ1n) is 5.15. The number of hydrazone groups is 1. The number of halogens is 3. The van der Waals surface area contributed by atoms with E-state index in [0.717, 1.165) is 11.3 Å². The van der Waals surface area contributed by atoms with Crippen molar-refractivity contribution in [1.82, 2.24) is 0 Å². The highest BCUT2D eigenvalue weighted by Crippen LogP contribution is 2.21. The van der Waals surface area contributed by atoms with Crippen LogP contribution in [0.3, 0.4) is 0 Å². The van der Waals surface area contributed by atoms with Crippen molar-refractivity contribution in [2.75, 3.05) is 5.43 Å². The van der Waals surface area contributed by atoms with Crippen molar-refractivity contribution in [2.24, 2.45) is 5.10 Å². The Morgan fingerprint density at radius 1 is 0.889 bits per heavy atom. The van der Waals surface area contributed by atoms with Gasteiger partial charge < -0.3 is 0 Å². The first-order valence-corrected chi connectivity index (χ1v) is 6.28. The molecule has 2 rings (SSSR count). The SMILES string of the molecule is Clc1ccc(N/N=C/c2ccc(Cl)c(Cl)c2)cc1. The zero-order chi connectivity index (χ0) is 13.0. The maximum absolute atomic E-state index is 5.90. The molecule has 18 heavy (non-hydrogen) atoms. The van der Waals surface area contributed by atoms with Crippen molar-refractivity contribution in [2.45, 2.75) is 0 Å². The van der Waals surface area contributed by atoms with Crippen LogP contribution in [0.2, 0.25) is 15.1 Å². The van der Waals surface area contributed by atoms with Crippen molar-refractivity contribution >= 4 is 46.7 Å². The Morgan fingerprint density at radius 2 is 1.61 bits per heavy atom. The predicted octanol–water partition coefficient (Wildman–Crippen LogP) is 5.09. The van der Waals surface area contributed by atoms with Gasteiger partial charge in [-0.05, 0) is 42.0 Å². The maximum atomic E-state index is 5.90. The highest BCUT2D eigenvalue weighted by atomic mass is 35.5. The monoisotopic (exact) mass is 298 g/mol. The fourth-order valence-electron chi connectivity index (χ4n) is 1.30. The summed E-state index contributed by atoms with van der Waals surface area (Å²) in [6, 6.07) is 12.6. The van der Waals surface area contributed by atoms with Crippen molar-refractivity contribution in [3.8, 4) is 0 Å². The molecule has 5 heteroatoms. The van der Waals surface area contributed by atoms with E-state index in [9.17, 15) is 0 Å². The zero-order valence-electron chi connectivity index (χ0n) is 9.20. The van der Waals surface area contributed by atoms with Gasteiger partial charge in [0.05, 0.1) is 21.9 Å². The molecule has 0 amide bonds.